The number of nitrogens with two attached hydrogens (primary N) is 1. The summed E-state index contributed by atoms with van der Waals surface area (Å²) in [6.45, 7) is 1.96. The first kappa shape index (κ1) is 12.2. The number of hydrogen-bond acceptors (Lipinski definition) is 2. The van der Waals surface area contributed by atoms with E-state index in [2.05, 4.69) is 5.32 Å². The van der Waals surface area contributed by atoms with Crippen LogP contribution in [0.4, 0.5) is 0 Å². The van der Waals surface area contributed by atoms with Gasteiger partial charge in [-0.25, -0.2) is 0 Å². The third-order valence-corrected chi connectivity index (χ3v) is 4.03. The summed E-state index contributed by atoms with van der Waals surface area (Å²) < 4.78 is 0. The van der Waals surface area contributed by atoms with E-state index in [-0.39, 0.29) is 5.54 Å². The third-order valence-electron chi connectivity index (χ3n) is 3.17. The maximum Gasteiger partial charge on any atom is 0.0624 e. The van der Waals surface area contributed by atoms with E-state index in [0.29, 0.717) is 10.0 Å². The van der Waals surface area contributed by atoms with Crippen LogP contribution in [-0.2, 0) is 6.42 Å². The van der Waals surface area contributed by atoms with E-state index in [1.165, 1.54) is 0 Å². The fourth-order valence-corrected chi connectivity index (χ4v) is 2.55. The molecule has 0 amide bonds. The van der Waals surface area contributed by atoms with Crippen LogP contribution in [0.3, 0.4) is 0 Å². The highest BCUT2D eigenvalue weighted by molar-refractivity contribution is 6.42. The largest absolute Gasteiger partial charge is 0.325 e. The maximum absolute atomic E-state index is 6.37. The number of hydrogen-bond donors (Lipinski definition) is 2. The van der Waals surface area contributed by atoms with E-state index < -0.39 is 0 Å². The van der Waals surface area contributed by atoms with Gasteiger partial charge in [0.2, 0.25) is 0 Å². The molecule has 0 spiro atoms. The van der Waals surface area contributed by atoms with Crippen molar-refractivity contribution < 1.29 is 0 Å². The highest BCUT2D eigenvalue weighted by Crippen LogP contribution is 2.30. The van der Waals surface area contributed by atoms with E-state index in [1.807, 2.05) is 12.1 Å². The van der Waals surface area contributed by atoms with Gasteiger partial charge in [-0.1, -0.05) is 35.3 Å². The van der Waals surface area contributed by atoms with E-state index >= 15 is 0 Å². The molecule has 1 aromatic carbocycles. The van der Waals surface area contributed by atoms with Crippen LogP contribution in [0.25, 0.3) is 0 Å². The number of piperidine rings is 1. The van der Waals surface area contributed by atoms with Crippen molar-refractivity contribution in [3.63, 3.8) is 0 Å². The predicted molar refractivity (Wildman–Crippen MR) is 69.2 cm³/mol. The smallest absolute Gasteiger partial charge is 0.0624 e. The van der Waals surface area contributed by atoms with Crippen molar-refractivity contribution in [3.8, 4) is 0 Å². The van der Waals surface area contributed by atoms with Gasteiger partial charge in [0.1, 0.15) is 0 Å². The van der Waals surface area contributed by atoms with Gasteiger partial charge in [0, 0.05) is 5.54 Å². The molecule has 2 nitrogen and oxygen atoms in total. The summed E-state index contributed by atoms with van der Waals surface area (Å²) >= 11 is 12.2. The minimum absolute atomic E-state index is 0.139. The number of benzene rings is 1. The second-order valence-electron chi connectivity index (χ2n) is 4.50. The van der Waals surface area contributed by atoms with Gasteiger partial charge in [-0.15, -0.1) is 0 Å². The number of rotatable bonds is 2. The lowest BCUT2D eigenvalue weighted by Crippen LogP contribution is -2.50. The molecule has 0 aromatic heterocycles. The topological polar surface area (TPSA) is 38.0 Å². The molecule has 1 aliphatic heterocycles. The molecule has 88 valence electrons. The third kappa shape index (κ3) is 2.69. The Morgan fingerprint density at radius 1 is 1.25 bits per heavy atom. The Labute approximate surface area is 106 Å². The molecule has 1 aliphatic rings. The molecule has 2 rings (SSSR count). The van der Waals surface area contributed by atoms with E-state index in [9.17, 15) is 0 Å². The van der Waals surface area contributed by atoms with Gasteiger partial charge in [0.05, 0.1) is 10.0 Å². The van der Waals surface area contributed by atoms with Crippen LogP contribution in [0.1, 0.15) is 18.4 Å². The van der Waals surface area contributed by atoms with Crippen LogP contribution in [0.5, 0.6) is 0 Å². The van der Waals surface area contributed by atoms with E-state index in [4.69, 9.17) is 28.9 Å². The molecule has 1 aromatic rings. The fourth-order valence-electron chi connectivity index (χ4n) is 2.17. The Balaban J connectivity index is 2.16. The van der Waals surface area contributed by atoms with Crippen LogP contribution < -0.4 is 11.1 Å². The molecular weight excluding hydrogens is 243 g/mol. The molecule has 0 bridgehead atoms. The Morgan fingerprint density at radius 3 is 2.62 bits per heavy atom. The minimum atomic E-state index is -0.139. The summed E-state index contributed by atoms with van der Waals surface area (Å²) in [5.74, 6) is 0. The van der Waals surface area contributed by atoms with Crippen LogP contribution in [-0.4, -0.2) is 18.6 Å². The molecule has 0 atom stereocenters. The van der Waals surface area contributed by atoms with Crippen molar-refractivity contribution in [2.24, 2.45) is 5.73 Å². The normalized spacial score (nSPS) is 19.7. The molecule has 4 heteroatoms. The van der Waals surface area contributed by atoms with Crippen molar-refractivity contribution in [2.75, 3.05) is 13.1 Å². The monoisotopic (exact) mass is 258 g/mol. The van der Waals surface area contributed by atoms with E-state index in [1.54, 1.807) is 6.07 Å². The summed E-state index contributed by atoms with van der Waals surface area (Å²) in [6, 6.07) is 5.73. The van der Waals surface area contributed by atoms with Gasteiger partial charge in [0.25, 0.3) is 0 Å². The summed E-state index contributed by atoms with van der Waals surface area (Å²) in [7, 11) is 0. The molecular formula is C12H16Cl2N2. The first-order valence-corrected chi connectivity index (χ1v) is 6.29. The SMILES string of the molecule is NC1(Cc2cccc(Cl)c2Cl)CCNCC1. The molecule has 0 saturated carbocycles. The van der Waals surface area contributed by atoms with Crippen molar-refractivity contribution in [1.29, 1.82) is 0 Å². The summed E-state index contributed by atoms with van der Waals surface area (Å²) in [6.07, 6.45) is 2.76. The van der Waals surface area contributed by atoms with Gasteiger partial charge in [0.15, 0.2) is 0 Å². The van der Waals surface area contributed by atoms with Crippen LogP contribution in [0.15, 0.2) is 18.2 Å². The first-order chi connectivity index (χ1) is 7.61. The zero-order valence-corrected chi connectivity index (χ0v) is 10.6. The van der Waals surface area contributed by atoms with Crippen LogP contribution in [0, 0.1) is 0 Å². The van der Waals surface area contributed by atoms with Crippen molar-refractivity contribution in [1.82, 2.24) is 5.32 Å². The first-order valence-electron chi connectivity index (χ1n) is 5.53. The summed E-state index contributed by atoms with van der Waals surface area (Å²) in [4.78, 5) is 0. The Morgan fingerprint density at radius 2 is 1.94 bits per heavy atom. The van der Waals surface area contributed by atoms with Gasteiger partial charge in [-0.2, -0.15) is 0 Å². The minimum Gasteiger partial charge on any atom is -0.325 e. The number of nitrogens with one attached hydrogen (secondary N) is 1. The lowest BCUT2D eigenvalue weighted by molar-refractivity contribution is 0.308. The van der Waals surface area contributed by atoms with Gasteiger partial charge >= 0.3 is 0 Å². The second kappa shape index (κ2) is 4.92. The average molecular weight is 259 g/mol. The molecule has 3 N–H and O–H groups in total. The molecule has 0 radical (unpaired) electrons. The van der Waals surface area contributed by atoms with Gasteiger partial charge < -0.3 is 11.1 Å². The van der Waals surface area contributed by atoms with Crippen molar-refractivity contribution in [2.45, 2.75) is 24.8 Å². The lowest BCUT2D eigenvalue weighted by Gasteiger charge is -2.34. The molecule has 16 heavy (non-hydrogen) atoms. The van der Waals surface area contributed by atoms with Crippen molar-refractivity contribution >= 4 is 23.2 Å². The quantitative estimate of drug-likeness (QED) is 0.856. The molecule has 0 unspecified atom stereocenters. The standard InChI is InChI=1S/C12H16Cl2N2/c13-10-3-1-2-9(11(10)14)8-12(15)4-6-16-7-5-12/h1-3,16H,4-8,15H2. The van der Waals surface area contributed by atoms with Crippen LogP contribution in [0.2, 0.25) is 10.0 Å². The van der Waals surface area contributed by atoms with Gasteiger partial charge in [-0.3, -0.25) is 0 Å². The highest BCUT2D eigenvalue weighted by atomic mass is 35.5. The summed E-state index contributed by atoms with van der Waals surface area (Å²) in [5, 5.41) is 4.57. The molecule has 0 aliphatic carbocycles. The van der Waals surface area contributed by atoms with Crippen LogP contribution >= 0.6 is 23.2 Å². The van der Waals surface area contributed by atoms with E-state index in [0.717, 1.165) is 37.9 Å². The lowest BCUT2D eigenvalue weighted by atomic mass is 9.83. The zero-order chi connectivity index (χ0) is 11.6. The van der Waals surface area contributed by atoms with Gasteiger partial charge in [-0.05, 0) is 44.0 Å². The molecule has 1 fully saturated rings. The molecule has 1 heterocycles. The summed E-state index contributed by atoms with van der Waals surface area (Å²) in [5.41, 5.74) is 7.28. The Bertz CT molecular complexity index is 373. The zero-order valence-electron chi connectivity index (χ0n) is 9.10. The second-order valence-corrected chi connectivity index (χ2v) is 5.29. The van der Waals surface area contributed by atoms with Crippen molar-refractivity contribution in [3.05, 3.63) is 33.8 Å². The predicted octanol–water partition coefficient (Wildman–Crippen LogP) is 2.62. The fraction of sp³-hybridized carbons (Fsp3) is 0.500. The maximum atomic E-state index is 6.37. The Hall–Kier alpha value is -0.280. The number of halogens is 2. The highest BCUT2D eigenvalue weighted by Gasteiger charge is 2.28. The molecule has 1 saturated heterocycles. The Kier molecular flexibility index (Phi) is 3.75. The average Bonchev–Trinajstić information content (AvgIpc) is 2.26.